The molecule has 10 heteroatoms. The van der Waals surface area contributed by atoms with Crippen molar-refractivity contribution in [3.8, 4) is 0 Å². The fourth-order valence-electron chi connectivity index (χ4n) is 3.20. The van der Waals surface area contributed by atoms with Crippen LogP contribution in [0.15, 0.2) is 0 Å². The lowest BCUT2D eigenvalue weighted by Crippen LogP contribution is -2.52. The van der Waals surface area contributed by atoms with E-state index in [1.54, 1.807) is 0 Å². The molecule has 0 aromatic rings. The highest BCUT2D eigenvalue weighted by Crippen LogP contribution is 2.53. The molecule has 0 aliphatic heterocycles. The molecule has 0 radical (unpaired) electrons. The molecule has 0 saturated carbocycles. The molecule has 0 aromatic heterocycles. The summed E-state index contributed by atoms with van der Waals surface area (Å²) in [5.74, 6) is -7.68. The van der Waals surface area contributed by atoms with Gasteiger partial charge in [0.05, 0.1) is 0 Å². The highest BCUT2D eigenvalue weighted by Gasteiger charge is 2.64. The van der Waals surface area contributed by atoms with E-state index in [1.807, 2.05) is 0 Å². The Kier molecular flexibility index (Phi) is 8.81. The number of unbranched alkanes of at least 4 members (excludes halogenated alkanes) is 3. The van der Waals surface area contributed by atoms with Crippen molar-refractivity contribution in [2.45, 2.75) is 103 Å². The van der Waals surface area contributed by atoms with Gasteiger partial charge in [-0.1, -0.05) is 39.5 Å². The zero-order valence-corrected chi connectivity index (χ0v) is 16.6. The molecular weight excluding hydrogens is 400 g/mol. The second-order valence-electron chi connectivity index (χ2n) is 7.78. The first kappa shape index (κ1) is 27.4. The van der Waals surface area contributed by atoms with Crippen molar-refractivity contribution in [1.29, 1.82) is 0 Å². The molecule has 0 fully saturated rings. The van der Waals surface area contributed by atoms with Crippen LogP contribution in [0, 0.1) is 10.8 Å². The van der Waals surface area contributed by atoms with Gasteiger partial charge in [0.2, 0.25) is 0 Å². The molecule has 28 heavy (non-hydrogen) atoms. The predicted molar refractivity (Wildman–Crippen MR) is 88.7 cm³/mol. The Morgan fingerprint density at radius 1 is 0.536 bits per heavy atom. The summed E-state index contributed by atoms with van der Waals surface area (Å²) >= 11 is 0. The van der Waals surface area contributed by atoms with E-state index in [-0.39, 0.29) is 25.7 Å². The predicted octanol–water partition coefficient (Wildman–Crippen LogP) is 6.60. The zero-order valence-electron chi connectivity index (χ0n) is 16.6. The van der Waals surface area contributed by atoms with E-state index in [4.69, 9.17) is 10.2 Å². The summed E-state index contributed by atoms with van der Waals surface area (Å²) < 4.78 is 109. The van der Waals surface area contributed by atoms with E-state index in [9.17, 15) is 35.1 Å². The van der Waals surface area contributed by atoms with Crippen LogP contribution in [0.4, 0.5) is 35.1 Å². The van der Waals surface area contributed by atoms with Gasteiger partial charge in [0, 0.05) is 12.8 Å². The quantitative estimate of drug-likeness (QED) is 0.255. The molecule has 0 aliphatic rings. The molecule has 2 N–H and O–H groups in total. The van der Waals surface area contributed by atoms with Crippen molar-refractivity contribution in [2.75, 3.05) is 0 Å². The van der Waals surface area contributed by atoms with Crippen molar-refractivity contribution in [1.82, 2.24) is 0 Å². The molecule has 0 saturated heterocycles. The minimum atomic E-state index is -4.63. The second kappa shape index (κ2) is 9.02. The summed E-state index contributed by atoms with van der Waals surface area (Å²) in [6.45, 7) is 3.16. The molecule has 170 valence electrons. The lowest BCUT2D eigenvalue weighted by atomic mass is 9.75. The second-order valence-corrected chi connectivity index (χ2v) is 7.78. The van der Waals surface area contributed by atoms with Crippen molar-refractivity contribution in [3.63, 3.8) is 0 Å². The van der Waals surface area contributed by atoms with Crippen molar-refractivity contribution in [3.05, 3.63) is 0 Å². The SMILES string of the molecule is CCC(F)(F)C(C)(CCCCCCC(C)(C(O)(F)F)C(F)(F)CC)C(O)(F)F. The summed E-state index contributed by atoms with van der Waals surface area (Å²) in [4.78, 5) is 0. The van der Waals surface area contributed by atoms with Gasteiger partial charge >= 0.3 is 12.2 Å². The fraction of sp³-hybridized carbons (Fsp3) is 1.00. The summed E-state index contributed by atoms with van der Waals surface area (Å²) in [5.41, 5.74) is -6.01. The molecule has 0 spiro atoms. The van der Waals surface area contributed by atoms with Crippen LogP contribution in [0.2, 0.25) is 0 Å². The number of hydrogen-bond acceptors (Lipinski definition) is 2. The van der Waals surface area contributed by atoms with E-state index in [0.717, 1.165) is 13.8 Å². The highest BCUT2D eigenvalue weighted by atomic mass is 19.3. The van der Waals surface area contributed by atoms with Crippen LogP contribution in [-0.4, -0.2) is 34.3 Å². The highest BCUT2D eigenvalue weighted by molar-refractivity contribution is 4.95. The minimum Gasteiger partial charge on any atom is -0.336 e. The largest absolute Gasteiger partial charge is 0.364 e. The molecule has 2 atom stereocenters. The average molecular weight is 430 g/mol. The molecule has 0 aliphatic carbocycles. The van der Waals surface area contributed by atoms with E-state index >= 15 is 0 Å². The van der Waals surface area contributed by atoms with Gasteiger partial charge in [-0.25, -0.2) is 17.6 Å². The first-order valence-corrected chi connectivity index (χ1v) is 9.29. The molecule has 0 rings (SSSR count). The Labute approximate surface area is 160 Å². The minimum absolute atomic E-state index is 0.0379. The smallest absolute Gasteiger partial charge is 0.336 e. The van der Waals surface area contributed by atoms with Crippen LogP contribution < -0.4 is 0 Å². The van der Waals surface area contributed by atoms with E-state index in [2.05, 4.69) is 0 Å². The maximum Gasteiger partial charge on any atom is 0.364 e. The number of hydrogen-bond donors (Lipinski definition) is 2. The van der Waals surface area contributed by atoms with Crippen molar-refractivity contribution >= 4 is 0 Å². The summed E-state index contributed by atoms with van der Waals surface area (Å²) in [6.07, 6.45) is -12.8. The van der Waals surface area contributed by atoms with E-state index in [1.165, 1.54) is 0 Å². The van der Waals surface area contributed by atoms with Gasteiger partial charge in [-0.2, -0.15) is 17.6 Å². The maximum absolute atomic E-state index is 13.9. The van der Waals surface area contributed by atoms with Crippen LogP contribution in [0.1, 0.15) is 79.1 Å². The maximum atomic E-state index is 13.9. The van der Waals surface area contributed by atoms with Gasteiger partial charge in [-0.05, 0) is 26.7 Å². The Morgan fingerprint density at radius 2 is 0.786 bits per heavy atom. The monoisotopic (exact) mass is 430 g/mol. The third kappa shape index (κ3) is 5.49. The Hall–Kier alpha value is -0.640. The molecule has 2 unspecified atom stereocenters. The first-order chi connectivity index (χ1) is 12.3. The topological polar surface area (TPSA) is 40.5 Å². The molecular formula is C18H30F8O2. The molecule has 0 bridgehead atoms. The third-order valence-electron chi connectivity index (χ3n) is 5.93. The normalized spacial score (nSPS) is 18.6. The van der Waals surface area contributed by atoms with Crippen LogP contribution in [0.3, 0.4) is 0 Å². The average Bonchev–Trinajstić information content (AvgIpc) is 2.54. The van der Waals surface area contributed by atoms with Gasteiger partial charge in [0.25, 0.3) is 11.8 Å². The van der Waals surface area contributed by atoms with E-state index < -0.39 is 60.6 Å². The fourth-order valence-corrected chi connectivity index (χ4v) is 3.20. The van der Waals surface area contributed by atoms with E-state index in [0.29, 0.717) is 13.8 Å². The van der Waals surface area contributed by atoms with Gasteiger partial charge in [0.1, 0.15) is 10.8 Å². The van der Waals surface area contributed by atoms with Gasteiger partial charge in [-0.3, -0.25) is 0 Å². The summed E-state index contributed by atoms with van der Waals surface area (Å²) in [7, 11) is 0. The lowest BCUT2D eigenvalue weighted by Gasteiger charge is -2.40. The van der Waals surface area contributed by atoms with Crippen molar-refractivity contribution in [2.24, 2.45) is 10.8 Å². The number of aliphatic hydroxyl groups is 2. The molecule has 0 aromatic carbocycles. The van der Waals surface area contributed by atoms with Crippen LogP contribution >= 0.6 is 0 Å². The Balaban J connectivity index is 4.87. The number of alkyl halides is 8. The summed E-state index contributed by atoms with van der Waals surface area (Å²) in [6, 6.07) is 0. The lowest BCUT2D eigenvalue weighted by molar-refractivity contribution is -0.335. The zero-order chi connectivity index (χ0) is 22.7. The van der Waals surface area contributed by atoms with Crippen LogP contribution in [-0.2, 0) is 0 Å². The Bertz CT molecular complexity index is 443. The number of halogens is 8. The van der Waals surface area contributed by atoms with Gasteiger partial charge in [-0.15, -0.1) is 0 Å². The molecule has 0 amide bonds. The number of rotatable bonds is 13. The first-order valence-electron chi connectivity index (χ1n) is 9.29. The molecule has 0 heterocycles. The van der Waals surface area contributed by atoms with Crippen LogP contribution in [0.5, 0.6) is 0 Å². The van der Waals surface area contributed by atoms with Crippen LogP contribution in [0.25, 0.3) is 0 Å². The summed E-state index contributed by atoms with van der Waals surface area (Å²) in [5, 5.41) is 17.8. The van der Waals surface area contributed by atoms with Gasteiger partial charge < -0.3 is 10.2 Å². The van der Waals surface area contributed by atoms with Crippen molar-refractivity contribution < 1.29 is 45.3 Å². The third-order valence-corrected chi connectivity index (χ3v) is 5.93. The Morgan fingerprint density at radius 3 is 0.964 bits per heavy atom. The van der Waals surface area contributed by atoms with Gasteiger partial charge in [0.15, 0.2) is 0 Å². The standard InChI is InChI=1S/C18H30F8O2/c1-5-15(19,20)13(3,17(23,24)27)11-9-7-8-10-12-14(4,18(25,26)28)16(21,22)6-2/h27-28H,5-12H2,1-4H3. The molecule has 2 nitrogen and oxygen atoms in total.